The first kappa shape index (κ1) is 18.9. The summed E-state index contributed by atoms with van der Waals surface area (Å²) in [6.45, 7) is 7.89. The fourth-order valence-electron chi connectivity index (χ4n) is 2.27. The summed E-state index contributed by atoms with van der Waals surface area (Å²) in [4.78, 5) is 16.8. The number of nitrogens with zero attached hydrogens (tertiary/aromatic N) is 3. The van der Waals surface area contributed by atoms with Crippen molar-refractivity contribution in [3.8, 4) is 0 Å². The maximum atomic E-state index is 10.7. The largest absolute Gasteiger partial charge is 0.351 e. The summed E-state index contributed by atoms with van der Waals surface area (Å²) in [5.41, 5.74) is 0.900. The molecule has 1 fully saturated rings. The molecule has 1 aromatic rings. The first-order valence-corrected chi connectivity index (χ1v) is 6.10. The van der Waals surface area contributed by atoms with Gasteiger partial charge in [0, 0.05) is 31.2 Å². The van der Waals surface area contributed by atoms with Crippen molar-refractivity contribution >= 4 is 36.3 Å². The van der Waals surface area contributed by atoms with Crippen LogP contribution < -0.4 is 10.2 Å². The lowest BCUT2D eigenvalue weighted by molar-refractivity contribution is -0.385. The van der Waals surface area contributed by atoms with Gasteiger partial charge in [-0.25, -0.2) is 4.98 Å². The molecule has 0 aliphatic carbocycles. The smallest absolute Gasteiger partial charge is 0.287 e. The van der Waals surface area contributed by atoms with Crippen LogP contribution in [-0.2, 0) is 0 Å². The topological polar surface area (TPSA) is 71.3 Å². The average molecular weight is 323 g/mol. The van der Waals surface area contributed by atoms with Crippen molar-refractivity contribution in [2.75, 3.05) is 18.0 Å². The summed E-state index contributed by atoms with van der Waals surface area (Å²) in [6.07, 6.45) is 1.34. The molecule has 1 aliphatic rings. The lowest BCUT2D eigenvalue weighted by Gasteiger charge is -2.39. The standard InChI is InChI=1S/C12H18N4O2.2ClH/c1-8-4-11(16(17)18)6-14-12(8)15-7-9(2)13-5-10(15)3;;/h4,6,9-10,13H,5,7H2,1-3H3;2*1H/t9-,10+;;/m1../s1. The van der Waals surface area contributed by atoms with Crippen LogP contribution in [0.2, 0.25) is 0 Å². The van der Waals surface area contributed by atoms with Crippen molar-refractivity contribution in [2.45, 2.75) is 32.9 Å². The van der Waals surface area contributed by atoms with Gasteiger partial charge in [-0.15, -0.1) is 24.8 Å². The van der Waals surface area contributed by atoms with Crippen LogP contribution in [0, 0.1) is 17.0 Å². The molecule has 0 radical (unpaired) electrons. The lowest BCUT2D eigenvalue weighted by Crippen LogP contribution is -2.54. The summed E-state index contributed by atoms with van der Waals surface area (Å²) in [6, 6.07) is 2.33. The molecule has 0 unspecified atom stereocenters. The zero-order valence-corrected chi connectivity index (χ0v) is 13.3. The quantitative estimate of drug-likeness (QED) is 0.668. The normalized spacial score (nSPS) is 21.6. The van der Waals surface area contributed by atoms with Crippen LogP contribution in [0.5, 0.6) is 0 Å². The molecule has 0 spiro atoms. The molecule has 2 atom stereocenters. The van der Waals surface area contributed by atoms with Crippen LogP contribution in [0.4, 0.5) is 11.5 Å². The van der Waals surface area contributed by atoms with E-state index in [-0.39, 0.29) is 30.5 Å². The number of pyridine rings is 1. The summed E-state index contributed by atoms with van der Waals surface area (Å²) in [5, 5.41) is 14.1. The second-order valence-corrected chi connectivity index (χ2v) is 4.90. The number of nitro groups is 1. The molecule has 0 aromatic carbocycles. The van der Waals surface area contributed by atoms with Gasteiger partial charge in [0.1, 0.15) is 12.0 Å². The van der Waals surface area contributed by atoms with Gasteiger partial charge in [-0.1, -0.05) is 0 Å². The Morgan fingerprint density at radius 1 is 1.45 bits per heavy atom. The third-order valence-electron chi connectivity index (χ3n) is 3.28. The van der Waals surface area contributed by atoms with E-state index in [0.29, 0.717) is 12.1 Å². The van der Waals surface area contributed by atoms with Crippen molar-refractivity contribution in [2.24, 2.45) is 0 Å². The summed E-state index contributed by atoms with van der Waals surface area (Å²) in [5.74, 6) is 0.849. The Morgan fingerprint density at radius 3 is 2.65 bits per heavy atom. The Balaban J connectivity index is 0.00000180. The minimum Gasteiger partial charge on any atom is -0.351 e. The molecule has 1 aliphatic heterocycles. The van der Waals surface area contributed by atoms with Crippen molar-refractivity contribution in [1.82, 2.24) is 10.3 Å². The lowest BCUT2D eigenvalue weighted by atomic mass is 10.1. The fraction of sp³-hybridized carbons (Fsp3) is 0.583. The number of nitrogens with one attached hydrogen (secondary N) is 1. The molecule has 20 heavy (non-hydrogen) atoms. The monoisotopic (exact) mass is 322 g/mol. The van der Waals surface area contributed by atoms with Gasteiger partial charge in [0.25, 0.3) is 5.69 Å². The minimum absolute atomic E-state index is 0. The van der Waals surface area contributed by atoms with Crippen molar-refractivity contribution in [3.05, 3.63) is 27.9 Å². The highest BCUT2D eigenvalue weighted by molar-refractivity contribution is 5.85. The molecule has 2 heterocycles. The van der Waals surface area contributed by atoms with Crippen molar-refractivity contribution < 1.29 is 4.92 Å². The number of aryl methyl sites for hydroxylation is 1. The molecule has 2 rings (SSSR count). The Kier molecular flexibility index (Phi) is 7.19. The molecule has 0 bridgehead atoms. The second kappa shape index (κ2) is 7.61. The predicted molar refractivity (Wildman–Crippen MR) is 84.4 cm³/mol. The zero-order valence-electron chi connectivity index (χ0n) is 11.7. The van der Waals surface area contributed by atoms with Crippen LogP contribution in [0.1, 0.15) is 19.4 Å². The average Bonchev–Trinajstić information content (AvgIpc) is 2.32. The molecule has 1 saturated heterocycles. The van der Waals surface area contributed by atoms with Crippen LogP contribution in [0.15, 0.2) is 12.3 Å². The van der Waals surface area contributed by atoms with E-state index < -0.39 is 4.92 Å². The van der Waals surface area contributed by atoms with E-state index in [0.717, 1.165) is 24.5 Å². The van der Waals surface area contributed by atoms with Crippen molar-refractivity contribution in [1.29, 1.82) is 0 Å². The number of aromatic nitrogens is 1. The van der Waals surface area contributed by atoms with Crippen LogP contribution >= 0.6 is 24.8 Å². The van der Waals surface area contributed by atoms with E-state index in [1.165, 1.54) is 6.20 Å². The van der Waals surface area contributed by atoms with Crippen LogP contribution in [0.25, 0.3) is 0 Å². The zero-order chi connectivity index (χ0) is 13.3. The van der Waals surface area contributed by atoms with Gasteiger partial charge in [0.05, 0.1) is 4.92 Å². The number of hydrogen-bond donors (Lipinski definition) is 1. The van der Waals surface area contributed by atoms with Gasteiger partial charge in [0.2, 0.25) is 0 Å². The molecule has 0 amide bonds. The third kappa shape index (κ3) is 3.94. The van der Waals surface area contributed by atoms with Gasteiger partial charge >= 0.3 is 0 Å². The molecule has 6 nitrogen and oxygen atoms in total. The van der Waals surface area contributed by atoms with Gasteiger partial charge in [-0.2, -0.15) is 0 Å². The van der Waals surface area contributed by atoms with E-state index in [1.54, 1.807) is 6.07 Å². The maximum Gasteiger partial charge on any atom is 0.287 e. The SMILES string of the molecule is Cc1cc([N+](=O)[O-])cnc1N1C[C@@H](C)NC[C@@H]1C.Cl.Cl. The Bertz CT molecular complexity index is 473. The maximum absolute atomic E-state index is 10.7. The molecular formula is C12H20Cl2N4O2. The number of rotatable bonds is 2. The minimum atomic E-state index is -0.409. The summed E-state index contributed by atoms with van der Waals surface area (Å²) >= 11 is 0. The Labute approximate surface area is 130 Å². The van der Waals surface area contributed by atoms with E-state index in [1.807, 2.05) is 6.92 Å². The molecule has 0 saturated carbocycles. The number of hydrogen-bond acceptors (Lipinski definition) is 5. The van der Waals surface area contributed by atoms with E-state index >= 15 is 0 Å². The van der Waals surface area contributed by atoms with Gasteiger partial charge in [-0.05, 0) is 26.3 Å². The van der Waals surface area contributed by atoms with Gasteiger partial charge in [-0.3, -0.25) is 10.1 Å². The van der Waals surface area contributed by atoms with E-state index in [4.69, 9.17) is 0 Å². The van der Waals surface area contributed by atoms with Gasteiger partial charge < -0.3 is 10.2 Å². The number of anilines is 1. The highest BCUT2D eigenvalue weighted by Crippen LogP contribution is 2.24. The molecule has 1 N–H and O–H groups in total. The highest BCUT2D eigenvalue weighted by atomic mass is 35.5. The third-order valence-corrected chi connectivity index (χ3v) is 3.28. The summed E-state index contributed by atoms with van der Waals surface area (Å²) in [7, 11) is 0. The van der Waals surface area contributed by atoms with Crippen molar-refractivity contribution in [3.63, 3.8) is 0 Å². The van der Waals surface area contributed by atoms with Gasteiger partial charge in [0.15, 0.2) is 0 Å². The first-order chi connectivity index (χ1) is 8.49. The first-order valence-electron chi connectivity index (χ1n) is 6.10. The molecular weight excluding hydrogens is 303 g/mol. The number of halogens is 2. The second-order valence-electron chi connectivity index (χ2n) is 4.90. The van der Waals surface area contributed by atoms with E-state index in [2.05, 4.69) is 29.0 Å². The molecule has 1 aromatic heterocycles. The Morgan fingerprint density at radius 2 is 2.10 bits per heavy atom. The van der Waals surface area contributed by atoms with Crippen LogP contribution in [-0.4, -0.2) is 35.1 Å². The molecule has 114 valence electrons. The number of piperazine rings is 1. The fourth-order valence-corrected chi connectivity index (χ4v) is 2.27. The molecule has 8 heteroatoms. The van der Waals surface area contributed by atoms with E-state index in [9.17, 15) is 10.1 Å². The predicted octanol–water partition coefficient (Wildman–Crippen LogP) is 2.33. The highest BCUT2D eigenvalue weighted by Gasteiger charge is 2.25. The van der Waals surface area contributed by atoms with Crippen LogP contribution in [0.3, 0.4) is 0 Å². The summed E-state index contributed by atoms with van der Waals surface area (Å²) < 4.78 is 0. The Hall–Kier alpha value is -1.11.